The largest absolute Gasteiger partial charge is 0.457 e. The summed E-state index contributed by atoms with van der Waals surface area (Å²) in [5.74, 6) is 1.40. The van der Waals surface area contributed by atoms with Crippen molar-refractivity contribution in [2.75, 3.05) is 5.32 Å². The average molecular weight is 431 g/mol. The number of tetrazole rings is 1. The minimum Gasteiger partial charge on any atom is -0.457 e. The second-order valence-electron chi connectivity index (χ2n) is 6.55. The quantitative estimate of drug-likeness (QED) is 0.453. The van der Waals surface area contributed by atoms with Crippen molar-refractivity contribution in [3.63, 3.8) is 0 Å². The third-order valence-electron chi connectivity index (χ3n) is 3.60. The van der Waals surface area contributed by atoms with E-state index in [2.05, 4.69) is 26.0 Å². The molecule has 1 aromatic carbocycles. The monoisotopic (exact) mass is 430 g/mol. The predicted molar refractivity (Wildman–Crippen MR) is 115 cm³/mol. The normalized spacial score (nSPS) is 11.2. The van der Waals surface area contributed by atoms with Crippen molar-refractivity contribution in [1.82, 2.24) is 25.5 Å². The molecule has 2 N–H and O–H groups in total. The van der Waals surface area contributed by atoms with Crippen LogP contribution in [0.25, 0.3) is 17.4 Å². The molecule has 29 heavy (non-hydrogen) atoms. The van der Waals surface area contributed by atoms with Gasteiger partial charge in [-0.25, -0.2) is 0 Å². The highest BCUT2D eigenvalue weighted by Crippen LogP contribution is 2.24. The van der Waals surface area contributed by atoms with Gasteiger partial charge in [-0.3, -0.25) is 15.4 Å². The molecule has 10 heteroatoms. The van der Waals surface area contributed by atoms with Crippen molar-refractivity contribution in [3.05, 3.63) is 53.3 Å². The van der Waals surface area contributed by atoms with Gasteiger partial charge in [0.1, 0.15) is 11.5 Å². The molecule has 0 spiro atoms. The van der Waals surface area contributed by atoms with Gasteiger partial charge >= 0.3 is 0 Å². The zero-order chi connectivity index (χ0) is 20.8. The summed E-state index contributed by atoms with van der Waals surface area (Å²) in [5.41, 5.74) is 0.891. The first-order chi connectivity index (χ1) is 13.9. The Bertz CT molecular complexity index is 1030. The molecule has 0 bridgehead atoms. The molecule has 150 valence electrons. The van der Waals surface area contributed by atoms with E-state index in [1.165, 1.54) is 10.9 Å². The molecular weight excluding hydrogens is 412 g/mol. The summed E-state index contributed by atoms with van der Waals surface area (Å²) in [5, 5.41) is 17.8. The number of carbonyl (C=O) groups is 1. The summed E-state index contributed by atoms with van der Waals surface area (Å²) < 4.78 is 5.71. The van der Waals surface area contributed by atoms with Gasteiger partial charge in [0.2, 0.25) is 5.91 Å². The van der Waals surface area contributed by atoms with Gasteiger partial charge in [0, 0.05) is 16.7 Å². The van der Waals surface area contributed by atoms with E-state index in [0.29, 0.717) is 29.0 Å². The first kappa shape index (κ1) is 20.7. The van der Waals surface area contributed by atoms with Crippen LogP contribution in [-0.2, 0) is 11.3 Å². The first-order valence-corrected chi connectivity index (χ1v) is 9.61. The molecule has 0 saturated carbocycles. The van der Waals surface area contributed by atoms with E-state index in [4.69, 9.17) is 28.2 Å². The van der Waals surface area contributed by atoms with Gasteiger partial charge in [-0.2, -0.15) is 4.80 Å². The van der Waals surface area contributed by atoms with Crippen LogP contribution in [0.5, 0.6) is 0 Å². The topological polar surface area (TPSA) is 97.9 Å². The van der Waals surface area contributed by atoms with Crippen molar-refractivity contribution in [3.8, 4) is 11.3 Å². The first-order valence-electron chi connectivity index (χ1n) is 8.82. The molecule has 1 amide bonds. The molecular formula is C19H19ClN6O2S. The summed E-state index contributed by atoms with van der Waals surface area (Å²) in [6.07, 6.45) is 2.87. The van der Waals surface area contributed by atoms with Gasteiger partial charge in [-0.1, -0.05) is 30.5 Å². The zero-order valence-electron chi connectivity index (χ0n) is 15.8. The third kappa shape index (κ3) is 6.23. The minimum atomic E-state index is -0.415. The Morgan fingerprint density at radius 2 is 2.03 bits per heavy atom. The summed E-state index contributed by atoms with van der Waals surface area (Å²) >= 11 is 11.0. The number of hydrogen-bond donors (Lipinski definition) is 2. The number of anilines is 1. The Morgan fingerprint density at radius 1 is 1.28 bits per heavy atom. The number of aromatic nitrogens is 4. The van der Waals surface area contributed by atoms with E-state index in [-0.39, 0.29) is 11.1 Å². The van der Waals surface area contributed by atoms with Crippen molar-refractivity contribution in [1.29, 1.82) is 0 Å². The molecule has 3 aromatic rings. The second-order valence-corrected chi connectivity index (χ2v) is 7.39. The maximum Gasteiger partial charge on any atom is 0.269 e. The second kappa shape index (κ2) is 9.44. The van der Waals surface area contributed by atoms with Crippen LogP contribution in [0.4, 0.5) is 5.95 Å². The van der Waals surface area contributed by atoms with Crippen LogP contribution in [0.1, 0.15) is 19.6 Å². The van der Waals surface area contributed by atoms with E-state index in [9.17, 15) is 4.79 Å². The molecule has 0 unspecified atom stereocenters. The highest BCUT2D eigenvalue weighted by atomic mass is 35.5. The van der Waals surface area contributed by atoms with Gasteiger partial charge in [0.25, 0.3) is 5.95 Å². The number of hydrogen-bond acceptors (Lipinski definition) is 6. The van der Waals surface area contributed by atoms with Crippen LogP contribution >= 0.6 is 23.8 Å². The lowest BCUT2D eigenvalue weighted by molar-refractivity contribution is -0.115. The molecule has 0 fully saturated rings. The summed E-state index contributed by atoms with van der Waals surface area (Å²) in [7, 11) is 0. The summed E-state index contributed by atoms with van der Waals surface area (Å²) in [6.45, 7) is 4.73. The number of halogens is 1. The number of thiocarbonyl (C=S) groups is 1. The highest BCUT2D eigenvalue weighted by Gasteiger charge is 2.08. The smallest absolute Gasteiger partial charge is 0.269 e. The zero-order valence-corrected chi connectivity index (χ0v) is 17.4. The Kier molecular flexibility index (Phi) is 6.73. The van der Waals surface area contributed by atoms with Crippen LogP contribution in [0, 0.1) is 5.92 Å². The molecule has 2 heterocycles. The molecule has 3 rings (SSSR count). The molecule has 2 aromatic heterocycles. The number of amides is 1. The Morgan fingerprint density at radius 3 is 2.76 bits per heavy atom. The molecule has 0 aliphatic heterocycles. The van der Waals surface area contributed by atoms with Gasteiger partial charge in [-0.05, 0) is 65.8 Å². The average Bonchev–Trinajstić information content (AvgIpc) is 3.29. The van der Waals surface area contributed by atoms with Crippen molar-refractivity contribution >= 4 is 46.9 Å². The highest BCUT2D eigenvalue weighted by molar-refractivity contribution is 7.80. The Hall–Kier alpha value is -3.04. The molecule has 0 saturated heterocycles. The molecule has 0 aliphatic rings. The molecule has 8 nitrogen and oxygen atoms in total. The fraction of sp³-hybridized carbons (Fsp3) is 0.211. The van der Waals surface area contributed by atoms with Gasteiger partial charge in [-0.15, -0.1) is 5.10 Å². The molecule has 0 radical (unpaired) electrons. The van der Waals surface area contributed by atoms with E-state index >= 15 is 0 Å². The number of nitrogens with one attached hydrogen (secondary N) is 2. The van der Waals surface area contributed by atoms with E-state index in [1.54, 1.807) is 24.3 Å². The number of rotatable bonds is 6. The number of furan rings is 1. The summed E-state index contributed by atoms with van der Waals surface area (Å²) in [4.78, 5) is 13.5. The van der Waals surface area contributed by atoms with Crippen LogP contribution < -0.4 is 10.6 Å². The lowest BCUT2D eigenvalue weighted by atomic mass is 10.2. The lowest BCUT2D eigenvalue weighted by Crippen LogP contribution is -2.33. The van der Waals surface area contributed by atoms with E-state index in [0.717, 1.165) is 5.56 Å². The summed E-state index contributed by atoms with van der Waals surface area (Å²) in [6, 6.07) is 10.9. The van der Waals surface area contributed by atoms with Crippen LogP contribution in [0.15, 0.2) is 46.9 Å². The number of benzene rings is 1. The number of carbonyl (C=O) groups excluding carboxylic acids is 1. The van der Waals surface area contributed by atoms with Crippen LogP contribution in [0.3, 0.4) is 0 Å². The van der Waals surface area contributed by atoms with Gasteiger partial charge in [0.05, 0.1) is 6.54 Å². The SMILES string of the molecule is CC(C)Cn1nnc(NC(=S)NC(=O)/C=C/c2ccc(-c3ccc(Cl)cc3)o2)n1. The standard InChI is InChI=1S/C19H19ClN6O2S/c1-12(2)11-26-24-18(23-25-26)22-19(29)21-17(27)10-8-15-7-9-16(28-15)13-3-5-14(20)6-4-13/h3-10,12H,11H2,1-2H3,(H2,21,22,24,27,29)/b10-8+. The van der Waals surface area contributed by atoms with Crippen molar-refractivity contribution in [2.45, 2.75) is 20.4 Å². The lowest BCUT2D eigenvalue weighted by Gasteiger charge is -2.03. The maximum absolute atomic E-state index is 12.0. The third-order valence-corrected chi connectivity index (χ3v) is 4.05. The van der Waals surface area contributed by atoms with Crippen molar-refractivity contribution in [2.24, 2.45) is 5.92 Å². The molecule has 0 aliphatic carbocycles. The number of nitrogens with zero attached hydrogens (tertiary/aromatic N) is 4. The Balaban J connectivity index is 1.52. The van der Waals surface area contributed by atoms with Gasteiger partial charge in [0.15, 0.2) is 5.11 Å². The Labute approximate surface area is 177 Å². The van der Waals surface area contributed by atoms with E-state index < -0.39 is 5.91 Å². The van der Waals surface area contributed by atoms with Crippen LogP contribution in [0.2, 0.25) is 5.02 Å². The van der Waals surface area contributed by atoms with Gasteiger partial charge < -0.3 is 4.42 Å². The fourth-order valence-electron chi connectivity index (χ4n) is 2.35. The van der Waals surface area contributed by atoms with Crippen molar-refractivity contribution < 1.29 is 9.21 Å². The van der Waals surface area contributed by atoms with E-state index in [1.807, 2.05) is 32.0 Å². The fourth-order valence-corrected chi connectivity index (χ4v) is 2.67. The van der Waals surface area contributed by atoms with Crippen LogP contribution in [-0.4, -0.2) is 31.2 Å². The maximum atomic E-state index is 12.0. The minimum absolute atomic E-state index is 0.0741. The predicted octanol–water partition coefficient (Wildman–Crippen LogP) is 3.77. The molecule has 0 atom stereocenters.